The third-order valence-corrected chi connectivity index (χ3v) is 4.42. The highest BCUT2D eigenvalue weighted by Crippen LogP contribution is 2.13. The van der Waals surface area contributed by atoms with Crippen molar-refractivity contribution in [3.63, 3.8) is 0 Å². The van der Waals surface area contributed by atoms with Gasteiger partial charge in [0.05, 0.1) is 33.0 Å². The fraction of sp³-hybridized carbons (Fsp3) is 0.905. The lowest BCUT2D eigenvalue weighted by Gasteiger charge is -2.21. The Bertz CT molecular complexity index is 283. The summed E-state index contributed by atoms with van der Waals surface area (Å²) in [5, 5.41) is 0. The molecule has 0 bridgehead atoms. The molecule has 3 unspecified atom stereocenters. The number of ether oxygens (including phenoxy) is 4. The van der Waals surface area contributed by atoms with E-state index >= 15 is 0 Å². The number of rotatable bonds is 19. The molecular formula is C21H42O4. The van der Waals surface area contributed by atoms with E-state index in [0.717, 1.165) is 19.6 Å². The predicted molar refractivity (Wildman–Crippen MR) is 105 cm³/mol. The summed E-state index contributed by atoms with van der Waals surface area (Å²) in [6, 6.07) is 0. The van der Waals surface area contributed by atoms with E-state index in [4.69, 9.17) is 18.9 Å². The molecule has 3 atom stereocenters. The minimum absolute atomic E-state index is 0.0277. The summed E-state index contributed by atoms with van der Waals surface area (Å²) in [7, 11) is 0. The minimum atomic E-state index is -0.0277. The van der Waals surface area contributed by atoms with Crippen LogP contribution < -0.4 is 0 Å². The van der Waals surface area contributed by atoms with Crippen LogP contribution in [0.3, 0.4) is 0 Å². The Kier molecular flexibility index (Phi) is 18.1. The second-order valence-corrected chi connectivity index (χ2v) is 6.86. The number of unbranched alkanes of at least 4 members (excludes halogenated alkanes) is 1. The first-order valence-electron chi connectivity index (χ1n) is 10.1. The second-order valence-electron chi connectivity index (χ2n) is 6.86. The molecule has 4 nitrogen and oxygen atoms in total. The molecule has 0 fully saturated rings. The summed E-state index contributed by atoms with van der Waals surface area (Å²) in [6.07, 6.45) is 7.80. The maximum absolute atomic E-state index is 5.95. The maximum Gasteiger partial charge on any atom is 0.104 e. The summed E-state index contributed by atoms with van der Waals surface area (Å²) < 4.78 is 23.0. The van der Waals surface area contributed by atoms with Crippen molar-refractivity contribution >= 4 is 0 Å². The molecule has 150 valence electrons. The number of hydrogen-bond acceptors (Lipinski definition) is 4. The van der Waals surface area contributed by atoms with Crippen LogP contribution in [0.25, 0.3) is 0 Å². The van der Waals surface area contributed by atoms with Crippen LogP contribution in [0.1, 0.15) is 59.8 Å². The smallest absolute Gasteiger partial charge is 0.104 e. The van der Waals surface area contributed by atoms with E-state index in [9.17, 15) is 0 Å². The van der Waals surface area contributed by atoms with Gasteiger partial charge in [-0.3, -0.25) is 0 Å². The van der Waals surface area contributed by atoms with Gasteiger partial charge in [0.1, 0.15) is 6.10 Å². The molecule has 0 N–H and O–H groups in total. The highest BCUT2D eigenvalue weighted by Gasteiger charge is 2.13. The van der Waals surface area contributed by atoms with Gasteiger partial charge in [-0.15, -0.1) is 6.58 Å². The van der Waals surface area contributed by atoms with Crippen molar-refractivity contribution in [2.75, 3.05) is 46.2 Å². The van der Waals surface area contributed by atoms with Gasteiger partial charge in [-0.25, -0.2) is 0 Å². The van der Waals surface area contributed by atoms with E-state index in [1.54, 1.807) is 6.08 Å². The standard InChI is InChI=1S/C21H42O4/c1-6-10-11-20(9-4)16-24-18-21(17-23-15-19(5)8-3)25-14-13-22-12-7-2/h7,19-21H,2,6,8-18H2,1,3-5H3. The lowest BCUT2D eigenvalue weighted by Crippen LogP contribution is -2.29. The SMILES string of the molecule is C=CCOCCOC(COCC(C)CC)COCC(CC)CCCC. The minimum Gasteiger partial charge on any atom is -0.378 e. The molecule has 0 saturated heterocycles. The Balaban J connectivity index is 4.09. The molecule has 25 heavy (non-hydrogen) atoms. The van der Waals surface area contributed by atoms with Gasteiger partial charge >= 0.3 is 0 Å². The molecule has 0 aromatic rings. The molecule has 0 rings (SSSR count). The Morgan fingerprint density at radius 2 is 1.60 bits per heavy atom. The van der Waals surface area contributed by atoms with Crippen molar-refractivity contribution < 1.29 is 18.9 Å². The highest BCUT2D eigenvalue weighted by atomic mass is 16.6. The van der Waals surface area contributed by atoms with Gasteiger partial charge in [-0.2, -0.15) is 0 Å². The van der Waals surface area contributed by atoms with Crippen LogP contribution >= 0.6 is 0 Å². The van der Waals surface area contributed by atoms with Crippen LogP contribution in [0.5, 0.6) is 0 Å². The molecule has 0 aliphatic rings. The van der Waals surface area contributed by atoms with Gasteiger partial charge in [0, 0.05) is 13.2 Å². The molecule has 0 aromatic carbocycles. The molecule has 0 heterocycles. The van der Waals surface area contributed by atoms with Crippen molar-refractivity contribution in [2.24, 2.45) is 11.8 Å². The average Bonchev–Trinajstić information content (AvgIpc) is 2.63. The summed E-state index contributed by atoms with van der Waals surface area (Å²) in [4.78, 5) is 0. The largest absolute Gasteiger partial charge is 0.378 e. The van der Waals surface area contributed by atoms with Crippen molar-refractivity contribution in [3.8, 4) is 0 Å². The van der Waals surface area contributed by atoms with E-state index < -0.39 is 0 Å². The first kappa shape index (κ1) is 24.6. The molecule has 0 aliphatic carbocycles. The Labute approximate surface area is 156 Å². The summed E-state index contributed by atoms with van der Waals surface area (Å²) in [6.45, 7) is 16.9. The van der Waals surface area contributed by atoms with Crippen LogP contribution in [0.4, 0.5) is 0 Å². The molecular weight excluding hydrogens is 316 g/mol. The van der Waals surface area contributed by atoms with Gasteiger partial charge in [0.15, 0.2) is 0 Å². The van der Waals surface area contributed by atoms with Crippen molar-refractivity contribution in [1.29, 1.82) is 0 Å². The van der Waals surface area contributed by atoms with Crippen LogP contribution in [-0.4, -0.2) is 52.4 Å². The maximum atomic E-state index is 5.95. The monoisotopic (exact) mass is 358 g/mol. The van der Waals surface area contributed by atoms with Crippen LogP contribution in [0, 0.1) is 11.8 Å². The van der Waals surface area contributed by atoms with E-state index in [1.807, 2.05) is 0 Å². The first-order valence-corrected chi connectivity index (χ1v) is 10.1. The number of hydrogen-bond donors (Lipinski definition) is 0. The van der Waals surface area contributed by atoms with Gasteiger partial charge < -0.3 is 18.9 Å². The van der Waals surface area contributed by atoms with Crippen LogP contribution in [-0.2, 0) is 18.9 Å². The Morgan fingerprint density at radius 3 is 2.20 bits per heavy atom. The quantitative estimate of drug-likeness (QED) is 0.244. The Hall–Kier alpha value is -0.420. The van der Waals surface area contributed by atoms with Crippen molar-refractivity contribution in [1.82, 2.24) is 0 Å². The molecule has 0 spiro atoms. The summed E-state index contributed by atoms with van der Waals surface area (Å²) in [5.74, 6) is 1.23. The molecule has 0 amide bonds. The average molecular weight is 359 g/mol. The van der Waals surface area contributed by atoms with Gasteiger partial charge in [0.25, 0.3) is 0 Å². The predicted octanol–water partition coefficient (Wildman–Crippen LogP) is 4.87. The summed E-state index contributed by atoms with van der Waals surface area (Å²) in [5.41, 5.74) is 0. The van der Waals surface area contributed by atoms with E-state index in [0.29, 0.717) is 44.9 Å². The topological polar surface area (TPSA) is 36.9 Å². The second kappa shape index (κ2) is 18.4. The van der Waals surface area contributed by atoms with E-state index in [-0.39, 0.29) is 6.10 Å². The third-order valence-electron chi connectivity index (χ3n) is 4.42. The lowest BCUT2D eigenvalue weighted by molar-refractivity contribution is -0.0791. The molecule has 0 aromatic heterocycles. The highest BCUT2D eigenvalue weighted by molar-refractivity contribution is 4.64. The summed E-state index contributed by atoms with van der Waals surface area (Å²) >= 11 is 0. The van der Waals surface area contributed by atoms with Gasteiger partial charge in [0.2, 0.25) is 0 Å². The Morgan fingerprint density at radius 1 is 0.880 bits per heavy atom. The molecule has 0 aliphatic heterocycles. The van der Waals surface area contributed by atoms with E-state index in [2.05, 4.69) is 34.3 Å². The van der Waals surface area contributed by atoms with Crippen LogP contribution in [0.15, 0.2) is 12.7 Å². The van der Waals surface area contributed by atoms with Crippen molar-refractivity contribution in [2.45, 2.75) is 65.9 Å². The zero-order valence-corrected chi connectivity index (χ0v) is 17.1. The fourth-order valence-electron chi connectivity index (χ4n) is 2.37. The van der Waals surface area contributed by atoms with E-state index in [1.165, 1.54) is 25.7 Å². The van der Waals surface area contributed by atoms with Crippen LogP contribution in [0.2, 0.25) is 0 Å². The van der Waals surface area contributed by atoms with Gasteiger partial charge in [-0.05, 0) is 18.3 Å². The zero-order valence-electron chi connectivity index (χ0n) is 17.1. The third kappa shape index (κ3) is 15.5. The fourth-order valence-corrected chi connectivity index (χ4v) is 2.37. The van der Waals surface area contributed by atoms with Gasteiger partial charge in [-0.1, -0.05) is 59.5 Å². The molecule has 4 heteroatoms. The first-order chi connectivity index (χ1) is 12.2. The van der Waals surface area contributed by atoms with Crippen molar-refractivity contribution in [3.05, 3.63) is 12.7 Å². The molecule has 0 saturated carbocycles. The zero-order chi connectivity index (χ0) is 18.8. The normalized spacial score (nSPS) is 15.0. The molecule has 0 radical (unpaired) electrons. The lowest BCUT2D eigenvalue weighted by atomic mass is 10.0.